The Labute approximate surface area is 159 Å². The van der Waals surface area contributed by atoms with Crippen LogP contribution in [0.2, 0.25) is 0 Å². The molecule has 0 saturated carbocycles. The van der Waals surface area contributed by atoms with Crippen LogP contribution in [0.3, 0.4) is 0 Å². The van der Waals surface area contributed by atoms with Gasteiger partial charge >= 0.3 is 0 Å². The quantitative estimate of drug-likeness (QED) is 0.716. The van der Waals surface area contributed by atoms with Crippen LogP contribution >= 0.6 is 0 Å². The maximum absolute atomic E-state index is 12.5. The molecule has 0 atom stereocenters. The van der Waals surface area contributed by atoms with E-state index < -0.39 is 10.0 Å². The first-order valence-electron chi connectivity index (χ1n) is 8.83. The van der Waals surface area contributed by atoms with Crippen LogP contribution in [0.25, 0.3) is 6.08 Å². The summed E-state index contributed by atoms with van der Waals surface area (Å²) in [6, 6.07) is 13.7. The third-order valence-corrected chi connectivity index (χ3v) is 5.61. The third-order valence-electron chi connectivity index (χ3n) is 4.15. The van der Waals surface area contributed by atoms with Gasteiger partial charge in [-0.3, -0.25) is 4.79 Å². The third kappa shape index (κ3) is 4.75. The summed E-state index contributed by atoms with van der Waals surface area (Å²) in [5.74, 6) is 0.415. The van der Waals surface area contributed by atoms with Crippen LogP contribution in [0.5, 0.6) is 5.75 Å². The van der Waals surface area contributed by atoms with Crippen LogP contribution < -0.4 is 14.8 Å². The molecule has 0 fully saturated rings. The van der Waals surface area contributed by atoms with Crippen molar-refractivity contribution < 1.29 is 17.9 Å². The maximum Gasteiger partial charge on any atom is 0.255 e. The van der Waals surface area contributed by atoms with Crippen LogP contribution in [0.15, 0.2) is 59.0 Å². The number of hydrogen-bond donors (Lipinski definition) is 2. The minimum atomic E-state index is -3.60. The number of fused-ring (bicyclic) bond motifs is 1. The summed E-state index contributed by atoms with van der Waals surface area (Å²) < 4.78 is 32.8. The molecule has 7 heteroatoms. The van der Waals surface area contributed by atoms with E-state index in [9.17, 15) is 13.2 Å². The summed E-state index contributed by atoms with van der Waals surface area (Å²) in [6.45, 7) is 2.55. The Bertz CT molecular complexity index is 967. The molecule has 2 aromatic carbocycles. The van der Waals surface area contributed by atoms with Crippen molar-refractivity contribution in [1.82, 2.24) is 4.72 Å². The van der Waals surface area contributed by atoms with Gasteiger partial charge in [-0.2, -0.15) is 0 Å². The zero-order valence-electron chi connectivity index (χ0n) is 15.1. The van der Waals surface area contributed by atoms with Crippen molar-refractivity contribution in [2.75, 3.05) is 18.5 Å². The van der Waals surface area contributed by atoms with Crippen molar-refractivity contribution in [3.63, 3.8) is 0 Å². The maximum atomic E-state index is 12.5. The molecule has 1 aliphatic rings. The highest BCUT2D eigenvalue weighted by molar-refractivity contribution is 7.89. The number of unbranched alkanes of at least 4 members (excludes halogenated alkanes) is 1. The van der Waals surface area contributed by atoms with E-state index in [1.807, 2.05) is 31.2 Å². The molecule has 3 rings (SSSR count). The first-order valence-corrected chi connectivity index (χ1v) is 10.3. The van der Waals surface area contributed by atoms with Crippen LogP contribution in [-0.4, -0.2) is 27.5 Å². The molecule has 1 heterocycles. The standard InChI is InChI=1S/C20H22N2O4S/c1-2-3-11-21-27(24,25)18-9-6-8-17(13-18)22-20(23)16-12-15-7-4-5-10-19(15)26-14-16/h4-10,12-13,21H,2-3,11,14H2,1H3,(H,22,23). The van der Waals surface area contributed by atoms with Gasteiger partial charge in [0.2, 0.25) is 10.0 Å². The molecule has 0 saturated heterocycles. The van der Waals surface area contributed by atoms with Gasteiger partial charge in [0.15, 0.2) is 0 Å². The molecule has 2 aromatic rings. The van der Waals surface area contributed by atoms with Crippen molar-refractivity contribution in [2.45, 2.75) is 24.7 Å². The first-order chi connectivity index (χ1) is 13.0. The average Bonchev–Trinajstić information content (AvgIpc) is 2.68. The Morgan fingerprint density at radius 1 is 1.15 bits per heavy atom. The molecule has 0 radical (unpaired) electrons. The number of benzene rings is 2. The molecule has 0 aromatic heterocycles. The molecule has 27 heavy (non-hydrogen) atoms. The summed E-state index contributed by atoms with van der Waals surface area (Å²) in [7, 11) is -3.60. The van der Waals surface area contributed by atoms with Crippen molar-refractivity contribution in [2.24, 2.45) is 0 Å². The van der Waals surface area contributed by atoms with Gasteiger partial charge in [-0.15, -0.1) is 0 Å². The minimum Gasteiger partial charge on any atom is -0.488 e. The number of anilines is 1. The zero-order valence-corrected chi connectivity index (χ0v) is 15.9. The average molecular weight is 386 g/mol. The van der Waals surface area contributed by atoms with Crippen LogP contribution in [0.4, 0.5) is 5.69 Å². The Morgan fingerprint density at radius 3 is 2.78 bits per heavy atom. The summed E-state index contributed by atoms with van der Waals surface area (Å²) in [4.78, 5) is 12.6. The minimum absolute atomic E-state index is 0.121. The molecule has 2 N–H and O–H groups in total. The van der Waals surface area contributed by atoms with Gasteiger partial charge in [-0.25, -0.2) is 13.1 Å². The summed E-state index contributed by atoms with van der Waals surface area (Å²) >= 11 is 0. The molecule has 1 aliphatic heterocycles. The number of rotatable bonds is 7. The number of para-hydroxylation sites is 1. The number of carbonyl (C=O) groups excluding carboxylic acids is 1. The van der Waals surface area contributed by atoms with Gasteiger partial charge in [0.05, 0.1) is 10.5 Å². The Kier molecular flexibility index (Phi) is 5.93. The van der Waals surface area contributed by atoms with E-state index in [0.29, 0.717) is 17.8 Å². The van der Waals surface area contributed by atoms with Crippen molar-refractivity contribution in [1.29, 1.82) is 0 Å². The smallest absolute Gasteiger partial charge is 0.255 e. The number of nitrogens with one attached hydrogen (secondary N) is 2. The number of carbonyl (C=O) groups is 1. The number of sulfonamides is 1. The lowest BCUT2D eigenvalue weighted by atomic mass is 10.1. The second-order valence-electron chi connectivity index (χ2n) is 6.23. The molecule has 1 amide bonds. The van der Waals surface area contributed by atoms with Gasteiger partial charge < -0.3 is 10.1 Å². The monoisotopic (exact) mass is 386 g/mol. The van der Waals surface area contributed by atoms with Crippen LogP contribution in [0, 0.1) is 0 Å². The van der Waals surface area contributed by atoms with Gasteiger partial charge in [-0.1, -0.05) is 37.6 Å². The van der Waals surface area contributed by atoms with Gasteiger partial charge in [0.1, 0.15) is 12.4 Å². The predicted octanol–water partition coefficient (Wildman–Crippen LogP) is 3.18. The Morgan fingerprint density at radius 2 is 1.96 bits per heavy atom. The molecule has 0 bridgehead atoms. The normalized spacial score (nSPS) is 13.3. The van der Waals surface area contributed by atoms with Crippen molar-refractivity contribution in [3.8, 4) is 5.75 Å². The lowest BCUT2D eigenvalue weighted by molar-refractivity contribution is -0.113. The summed E-state index contributed by atoms with van der Waals surface area (Å²) in [6.07, 6.45) is 3.45. The van der Waals surface area contributed by atoms with E-state index in [1.165, 1.54) is 12.1 Å². The second-order valence-corrected chi connectivity index (χ2v) is 8.00. The molecule has 142 valence electrons. The zero-order chi connectivity index (χ0) is 19.3. The van der Waals surface area contributed by atoms with E-state index >= 15 is 0 Å². The van der Waals surface area contributed by atoms with E-state index in [1.54, 1.807) is 18.2 Å². The van der Waals surface area contributed by atoms with Gasteiger partial charge in [-0.05, 0) is 36.8 Å². The van der Waals surface area contributed by atoms with Gasteiger partial charge in [0, 0.05) is 17.8 Å². The molecular weight excluding hydrogens is 364 g/mol. The topological polar surface area (TPSA) is 84.5 Å². The van der Waals surface area contributed by atoms with E-state index in [0.717, 1.165) is 24.2 Å². The molecule has 0 aliphatic carbocycles. The highest BCUT2D eigenvalue weighted by atomic mass is 32.2. The molecule has 0 spiro atoms. The Hall–Kier alpha value is -2.64. The van der Waals surface area contributed by atoms with E-state index in [4.69, 9.17) is 4.74 Å². The Balaban J connectivity index is 1.73. The largest absolute Gasteiger partial charge is 0.488 e. The molecular formula is C20H22N2O4S. The van der Waals surface area contributed by atoms with Crippen molar-refractivity contribution >= 4 is 27.7 Å². The fourth-order valence-electron chi connectivity index (χ4n) is 2.67. The number of hydrogen-bond acceptors (Lipinski definition) is 4. The van der Waals surface area contributed by atoms with Crippen LogP contribution in [-0.2, 0) is 14.8 Å². The lowest BCUT2D eigenvalue weighted by Gasteiger charge is -2.17. The van der Waals surface area contributed by atoms with Gasteiger partial charge in [0.25, 0.3) is 5.91 Å². The predicted molar refractivity (Wildman–Crippen MR) is 105 cm³/mol. The summed E-state index contributed by atoms with van der Waals surface area (Å²) in [5, 5.41) is 2.74. The van der Waals surface area contributed by atoms with E-state index in [-0.39, 0.29) is 17.4 Å². The van der Waals surface area contributed by atoms with E-state index in [2.05, 4.69) is 10.0 Å². The van der Waals surface area contributed by atoms with Crippen LogP contribution in [0.1, 0.15) is 25.3 Å². The lowest BCUT2D eigenvalue weighted by Crippen LogP contribution is -2.25. The highest BCUT2D eigenvalue weighted by Crippen LogP contribution is 2.26. The highest BCUT2D eigenvalue weighted by Gasteiger charge is 2.18. The SMILES string of the molecule is CCCCNS(=O)(=O)c1cccc(NC(=O)C2=Cc3ccccc3OC2)c1. The number of ether oxygens (including phenoxy) is 1. The molecule has 6 nitrogen and oxygen atoms in total. The number of amides is 1. The first kappa shape index (κ1) is 19.1. The fraction of sp³-hybridized carbons (Fsp3) is 0.250. The van der Waals surface area contributed by atoms with Crippen molar-refractivity contribution in [3.05, 3.63) is 59.7 Å². The summed E-state index contributed by atoms with van der Waals surface area (Å²) in [5.41, 5.74) is 1.73. The second kappa shape index (κ2) is 8.37. The fourth-order valence-corrected chi connectivity index (χ4v) is 3.79. The molecule has 0 unspecified atom stereocenters.